The van der Waals surface area contributed by atoms with E-state index in [1.165, 1.54) is 11.3 Å². The molecule has 0 aliphatic rings. The van der Waals surface area contributed by atoms with Crippen LogP contribution >= 0.6 is 11.3 Å². The molecule has 0 aliphatic heterocycles. The minimum atomic E-state index is -0.177. The SMILES string of the molecule is O=C(CCNC(=O)c1cccs1)Nc1cccc(OCc2ccccn2)c1. The van der Waals surface area contributed by atoms with Crippen LogP contribution in [0.5, 0.6) is 5.75 Å². The van der Waals surface area contributed by atoms with E-state index in [4.69, 9.17) is 4.74 Å². The third-order valence-electron chi connectivity index (χ3n) is 3.61. The van der Waals surface area contributed by atoms with Gasteiger partial charge in [-0.25, -0.2) is 0 Å². The number of hydrogen-bond donors (Lipinski definition) is 2. The first-order valence-corrected chi connectivity index (χ1v) is 9.33. The van der Waals surface area contributed by atoms with Gasteiger partial charge in [0.2, 0.25) is 5.91 Å². The number of nitrogens with zero attached hydrogens (tertiary/aromatic N) is 1. The smallest absolute Gasteiger partial charge is 0.261 e. The number of nitrogens with one attached hydrogen (secondary N) is 2. The van der Waals surface area contributed by atoms with E-state index in [-0.39, 0.29) is 24.8 Å². The summed E-state index contributed by atoms with van der Waals surface area (Å²) in [6.45, 7) is 0.630. The second kappa shape index (κ2) is 9.49. The highest BCUT2D eigenvalue weighted by Crippen LogP contribution is 2.18. The highest BCUT2D eigenvalue weighted by atomic mass is 32.1. The number of hydrogen-bond acceptors (Lipinski definition) is 5. The molecule has 0 bridgehead atoms. The predicted octanol–water partition coefficient (Wildman–Crippen LogP) is 3.48. The van der Waals surface area contributed by atoms with E-state index in [9.17, 15) is 9.59 Å². The van der Waals surface area contributed by atoms with Gasteiger partial charge >= 0.3 is 0 Å². The number of aromatic nitrogens is 1. The standard InChI is InChI=1S/C20H19N3O3S/c24-19(9-11-22-20(25)18-8-4-12-27-18)23-15-6-3-7-17(13-15)26-14-16-5-1-2-10-21-16/h1-8,10,12-13H,9,11,14H2,(H,22,25)(H,23,24). The molecule has 2 N–H and O–H groups in total. The number of benzene rings is 1. The Morgan fingerprint density at radius 1 is 1.07 bits per heavy atom. The van der Waals surface area contributed by atoms with Crippen molar-refractivity contribution in [2.75, 3.05) is 11.9 Å². The topological polar surface area (TPSA) is 80.3 Å². The summed E-state index contributed by atoms with van der Waals surface area (Å²) in [5, 5.41) is 7.37. The lowest BCUT2D eigenvalue weighted by Gasteiger charge is -2.09. The average Bonchev–Trinajstić information content (AvgIpc) is 3.22. The van der Waals surface area contributed by atoms with Crippen molar-refractivity contribution in [2.24, 2.45) is 0 Å². The highest BCUT2D eigenvalue weighted by molar-refractivity contribution is 7.12. The molecule has 0 unspecified atom stereocenters. The third-order valence-corrected chi connectivity index (χ3v) is 4.48. The third kappa shape index (κ3) is 5.93. The maximum absolute atomic E-state index is 12.1. The summed E-state index contributed by atoms with van der Waals surface area (Å²) in [5.41, 5.74) is 1.47. The Morgan fingerprint density at radius 3 is 2.78 bits per heavy atom. The highest BCUT2D eigenvalue weighted by Gasteiger charge is 2.08. The Morgan fingerprint density at radius 2 is 2.00 bits per heavy atom. The Kier molecular flexibility index (Phi) is 6.54. The largest absolute Gasteiger partial charge is 0.487 e. The Hall–Kier alpha value is -3.19. The van der Waals surface area contributed by atoms with Crippen LogP contribution in [0.15, 0.2) is 66.2 Å². The summed E-state index contributed by atoms with van der Waals surface area (Å²) in [4.78, 5) is 28.7. The zero-order chi connectivity index (χ0) is 18.9. The maximum Gasteiger partial charge on any atom is 0.261 e. The van der Waals surface area contributed by atoms with Crippen LogP contribution in [0.25, 0.3) is 0 Å². The van der Waals surface area contributed by atoms with Crippen molar-refractivity contribution in [1.29, 1.82) is 0 Å². The molecular formula is C20H19N3O3S. The molecular weight excluding hydrogens is 362 g/mol. The number of thiophene rings is 1. The molecule has 138 valence electrons. The Balaban J connectivity index is 1.44. The molecule has 0 saturated heterocycles. The molecule has 2 heterocycles. The van der Waals surface area contributed by atoms with Crippen molar-refractivity contribution in [2.45, 2.75) is 13.0 Å². The van der Waals surface area contributed by atoms with Gasteiger partial charge in [-0.05, 0) is 35.7 Å². The van der Waals surface area contributed by atoms with Crippen molar-refractivity contribution in [3.63, 3.8) is 0 Å². The van der Waals surface area contributed by atoms with Crippen LogP contribution in [0.1, 0.15) is 21.8 Å². The molecule has 0 saturated carbocycles. The lowest BCUT2D eigenvalue weighted by molar-refractivity contribution is -0.116. The van der Waals surface area contributed by atoms with Crippen molar-refractivity contribution >= 4 is 28.8 Å². The quantitative estimate of drug-likeness (QED) is 0.626. The van der Waals surface area contributed by atoms with Crippen molar-refractivity contribution in [1.82, 2.24) is 10.3 Å². The monoisotopic (exact) mass is 381 g/mol. The van der Waals surface area contributed by atoms with Crippen LogP contribution in [0.2, 0.25) is 0 Å². The van der Waals surface area contributed by atoms with Crippen LogP contribution in [0.3, 0.4) is 0 Å². The van der Waals surface area contributed by atoms with E-state index in [2.05, 4.69) is 15.6 Å². The normalized spacial score (nSPS) is 10.2. The minimum Gasteiger partial charge on any atom is -0.487 e. The van der Waals surface area contributed by atoms with E-state index >= 15 is 0 Å². The fraction of sp³-hybridized carbons (Fsp3) is 0.150. The maximum atomic E-state index is 12.1. The Bertz CT molecular complexity index is 883. The average molecular weight is 381 g/mol. The fourth-order valence-electron chi connectivity index (χ4n) is 2.31. The van der Waals surface area contributed by atoms with Gasteiger partial charge in [-0.15, -0.1) is 11.3 Å². The molecule has 1 aromatic carbocycles. The molecule has 3 aromatic rings. The van der Waals surface area contributed by atoms with Gasteiger partial charge < -0.3 is 15.4 Å². The zero-order valence-corrected chi connectivity index (χ0v) is 15.4. The number of pyridine rings is 1. The van der Waals surface area contributed by atoms with Gasteiger partial charge in [-0.1, -0.05) is 18.2 Å². The number of anilines is 1. The van der Waals surface area contributed by atoms with E-state index in [1.54, 1.807) is 24.4 Å². The predicted molar refractivity (Wildman–Crippen MR) is 105 cm³/mol. The van der Waals surface area contributed by atoms with E-state index in [0.29, 0.717) is 22.9 Å². The molecule has 0 aliphatic carbocycles. The Labute approximate surface area is 161 Å². The van der Waals surface area contributed by atoms with Crippen molar-refractivity contribution in [3.8, 4) is 5.75 Å². The van der Waals surface area contributed by atoms with E-state index in [0.717, 1.165) is 5.69 Å². The summed E-state index contributed by atoms with van der Waals surface area (Å²) in [6.07, 6.45) is 1.91. The second-order valence-electron chi connectivity index (χ2n) is 5.67. The number of carbonyl (C=O) groups excluding carboxylic acids is 2. The van der Waals surface area contributed by atoms with Crippen molar-refractivity contribution < 1.29 is 14.3 Å². The summed E-state index contributed by atoms with van der Waals surface area (Å²) in [5.74, 6) is 0.301. The molecule has 6 nitrogen and oxygen atoms in total. The van der Waals surface area contributed by atoms with Gasteiger partial charge in [0.15, 0.2) is 0 Å². The summed E-state index contributed by atoms with van der Waals surface area (Å²) >= 11 is 1.37. The molecule has 2 aromatic heterocycles. The number of rotatable bonds is 8. The number of carbonyl (C=O) groups is 2. The van der Waals surface area contributed by atoms with Crippen LogP contribution in [0, 0.1) is 0 Å². The van der Waals surface area contributed by atoms with Crippen molar-refractivity contribution in [3.05, 3.63) is 76.7 Å². The lowest BCUT2D eigenvalue weighted by Crippen LogP contribution is -2.27. The van der Waals surface area contributed by atoms with Gasteiger partial charge in [-0.3, -0.25) is 14.6 Å². The first-order chi connectivity index (χ1) is 13.2. The second-order valence-corrected chi connectivity index (χ2v) is 6.62. The summed E-state index contributed by atoms with van der Waals surface area (Å²) in [7, 11) is 0. The summed E-state index contributed by atoms with van der Waals surface area (Å²) < 4.78 is 5.70. The molecule has 0 spiro atoms. The van der Waals surface area contributed by atoms with Crippen LogP contribution in [-0.4, -0.2) is 23.3 Å². The van der Waals surface area contributed by atoms with Crippen LogP contribution in [0.4, 0.5) is 5.69 Å². The fourth-order valence-corrected chi connectivity index (χ4v) is 2.95. The van der Waals surface area contributed by atoms with E-state index in [1.807, 2.05) is 41.8 Å². The molecule has 0 atom stereocenters. The lowest BCUT2D eigenvalue weighted by atomic mass is 10.3. The van der Waals surface area contributed by atoms with E-state index < -0.39 is 0 Å². The minimum absolute atomic E-state index is 0.164. The van der Waals surface area contributed by atoms with Gasteiger partial charge in [0.05, 0.1) is 10.6 Å². The van der Waals surface area contributed by atoms with Gasteiger partial charge in [0.1, 0.15) is 12.4 Å². The molecule has 3 rings (SSSR count). The van der Waals surface area contributed by atoms with Gasteiger partial charge in [-0.2, -0.15) is 0 Å². The molecule has 0 fully saturated rings. The molecule has 2 amide bonds. The van der Waals surface area contributed by atoms with Gasteiger partial charge in [0.25, 0.3) is 5.91 Å². The zero-order valence-electron chi connectivity index (χ0n) is 14.6. The molecule has 27 heavy (non-hydrogen) atoms. The first kappa shape index (κ1) is 18.6. The number of ether oxygens (including phenoxy) is 1. The van der Waals surface area contributed by atoms with Crippen LogP contribution in [-0.2, 0) is 11.4 Å². The number of amides is 2. The van der Waals surface area contributed by atoms with Gasteiger partial charge in [0, 0.05) is 30.9 Å². The summed E-state index contributed by atoms with van der Waals surface area (Å²) in [6, 6.07) is 16.4. The van der Waals surface area contributed by atoms with Crippen LogP contribution < -0.4 is 15.4 Å². The molecule has 7 heteroatoms. The first-order valence-electron chi connectivity index (χ1n) is 8.45. The molecule has 0 radical (unpaired) electrons.